The third kappa shape index (κ3) is 6.12. The maximum Gasteiger partial charge on any atom is 0.237 e. The number of hydrogen-bond acceptors (Lipinski definition) is 3. The first-order valence-corrected chi connectivity index (χ1v) is 4.43. The van der Waals surface area contributed by atoms with Gasteiger partial charge >= 0.3 is 0 Å². The molecule has 74 valence electrons. The van der Waals surface area contributed by atoms with Crippen molar-refractivity contribution in [2.75, 3.05) is 6.54 Å². The first-order chi connectivity index (χ1) is 6.07. The minimum atomic E-state index is -0.591. The van der Waals surface area contributed by atoms with Crippen LogP contribution in [0, 0.1) is 17.2 Å². The zero-order valence-corrected chi connectivity index (χ0v) is 8.08. The first kappa shape index (κ1) is 11.9. The van der Waals surface area contributed by atoms with Crippen LogP contribution in [0.5, 0.6) is 0 Å². The number of carbonyl (C=O) groups excluding carboxylic acids is 1. The van der Waals surface area contributed by atoms with Crippen molar-refractivity contribution in [2.24, 2.45) is 5.92 Å². The van der Waals surface area contributed by atoms with Gasteiger partial charge in [-0.15, -0.1) is 0 Å². The summed E-state index contributed by atoms with van der Waals surface area (Å²) >= 11 is 0. The van der Waals surface area contributed by atoms with Crippen molar-refractivity contribution in [1.29, 1.82) is 5.26 Å². The number of rotatable bonds is 5. The van der Waals surface area contributed by atoms with E-state index in [-0.39, 0.29) is 12.0 Å². The van der Waals surface area contributed by atoms with Crippen molar-refractivity contribution < 1.29 is 9.90 Å². The highest BCUT2D eigenvalue weighted by atomic mass is 16.3. The third-order valence-corrected chi connectivity index (χ3v) is 1.68. The second kappa shape index (κ2) is 6.44. The molecule has 0 aromatic heterocycles. The molecule has 0 aromatic rings. The molecule has 0 saturated heterocycles. The van der Waals surface area contributed by atoms with Crippen LogP contribution in [0.1, 0.15) is 26.7 Å². The number of nitrogens with one attached hydrogen (secondary N) is 1. The van der Waals surface area contributed by atoms with Crippen molar-refractivity contribution in [3.05, 3.63) is 0 Å². The lowest BCUT2D eigenvalue weighted by Crippen LogP contribution is -2.29. The molecule has 1 amide bonds. The van der Waals surface area contributed by atoms with E-state index in [1.807, 2.05) is 6.07 Å². The molecule has 0 aliphatic heterocycles. The molecule has 0 bridgehead atoms. The predicted molar refractivity (Wildman–Crippen MR) is 48.7 cm³/mol. The first-order valence-electron chi connectivity index (χ1n) is 4.43. The van der Waals surface area contributed by atoms with Gasteiger partial charge in [0.2, 0.25) is 5.91 Å². The third-order valence-electron chi connectivity index (χ3n) is 1.68. The molecular weight excluding hydrogens is 168 g/mol. The summed E-state index contributed by atoms with van der Waals surface area (Å²) in [4.78, 5) is 11.0. The van der Waals surface area contributed by atoms with E-state index in [2.05, 4.69) is 5.32 Å². The van der Waals surface area contributed by atoms with E-state index in [1.165, 1.54) is 0 Å². The minimum Gasteiger partial charge on any atom is -0.393 e. The molecular formula is C9H16N2O2. The molecule has 0 aliphatic carbocycles. The summed E-state index contributed by atoms with van der Waals surface area (Å²) in [6, 6.07) is 1.85. The van der Waals surface area contributed by atoms with E-state index in [0.29, 0.717) is 13.0 Å². The van der Waals surface area contributed by atoms with E-state index >= 15 is 0 Å². The van der Waals surface area contributed by atoms with Gasteiger partial charge in [0.05, 0.1) is 12.2 Å². The van der Waals surface area contributed by atoms with Gasteiger partial charge in [-0.3, -0.25) is 4.79 Å². The largest absolute Gasteiger partial charge is 0.393 e. The Morgan fingerprint density at radius 2 is 2.23 bits per heavy atom. The Hall–Kier alpha value is -1.08. The van der Waals surface area contributed by atoms with Crippen molar-refractivity contribution >= 4 is 5.91 Å². The van der Waals surface area contributed by atoms with Crippen molar-refractivity contribution in [3.8, 4) is 6.07 Å². The molecule has 2 unspecified atom stereocenters. The van der Waals surface area contributed by atoms with Gasteiger partial charge in [0, 0.05) is 6.54 Å². The van der Waals surface area contributed by atoms with E-state index < -0.39 is 5.92 Å². The summed E-state index contributed by atoms with van der Waals surface area (Å²) in [5.41, 5.74) is 0. The normalized spacial score (nSPS) is 14.3. The molecule has 0 heterocycles. The Balaban J connectivity index is 3.44. The van der Waals surface area contributed by atoms with Crippen LogP contribution in [0.15, 0.2) is 0 Å². The maximum atomic E-state index is 11.0. The summed E-state index contributed by atoms with van der Waals surface area (Å²) in [5, 5.41) is 19.9. The molecule has 0 saturated carbocycles. The molecule has 2 atom stereocenters. The van der Waals surface area contributed by atoms with Gasteiger partial charge in [0.1, 0.15) is 5.92 Å². The summed E-state index contributed by atoms with van der Waals surface area (Å²) in [6.07, 6.45) is 1.08. The van der Waals surface area contributed by atoms with Gasteiger partial charge in [-0.2, -0.15) is 5.26 Å². The molecule has 0 aromatic carbocycles. The van der Waals surface area contributed by atoms with Crippen LogP contribution < -0.4 is 5.32 Å². The average Bonchev–Trinajstić information content (AvgIpc) is 2.10. The van der Waals surface area contributed by atoms with Crippen LogP contribution in [-0.4, -0.2) is 23.7 Å². The van der Waals surface area contributed by atoms with Gasteiger partial charge < -0.3 is 10.4 Å². The Labute approximate surface area is 78.6 Å². The Morgan fingerprint density at radius 3 is 2.69 bits per heavy atom. The molecule has 0 rings (SSSR count). The van der Waals surface area contributed by atoms with Crippen LogP contribution in [0.3, 0.4) is 0 Å². The number of carbonyl (C=O) groups is 1. The fourth-order valence-corrected chi connectivity index (χ4v) is 0.821. The Kier molecular flexibility index (Phi) is 5.90. The van der Waals surface area contributed by atoms with Crippen molar-refractivity contribution in [3.63, 3.8) is 0 Å². The van der Waals surface area contributed by atoms with Crippen LogP contribution in [0.25, 0.3) is 0 Å². The van der Waals surface area contributed by atoms with Gasteiger partial charge in [-0.25, -0.2) is 0 Å². The van der Waals surface area contributed by atoms with Crippen molar-refractivity contribution in [1.82, 2.24) is 5.32 Å². The summed E-state index contributed by atoms with van der Waals surface area (Å²) in [6.45, 7) is 3.79. The fourth-order valence-electron chi connectivity index (χ4n) is 0.821. The molecule has 0 spiro atoms. The van der Waals surface area contributed by atoms with Crippen LogP contribution >= 0.6 is 0 Å². The summed E-state index contributed by atoms with van der Waals surface area (Å²) in [5.74, 6) is -0.834. The fraction of sp³-hybridized carbons (Fsp3) is 0.778. The number of hydrogen-bond donors (Lipinski definition) is 2. The lowest BCUT2D eigenvalue weighted by atomic mass is 10.2. The number of aliphatic hydroxyl groups is 1. The zero-order chi connectivity index (χ0) is 10.3. The topological polar surface area (TPSA) is 73.1 Å². The Bertz CT molecular complexity index is 196. The minimum absolute atomic E-state index is 0.243. The van der Waals surface area contributed by atoms with Gasteiger partial charge in [-0.1, -0.05) is 0 Å². The smallest absolute Gasteiger partial charge is 0.237 e. The average molecular weight is 184 g/mol. The summed E-state index contributed by atoms with van der Waals surface area (Å²) < 4.78 is 0. The van der Waals surface area contributed by atoms with E-state index in [4.69, 9.17) is 10.4 Å². The number of nitriles is 1. The number of aliphatic hydroxyl groups excluding tert-OH is 1. The Morgan fingerprint density at radius 1 is 1.62 bits per heavy atom. The zero-order valence-electron chi connectivity index (χ0n) is 8.08. The molecule has 4 heteroatoms. The van der Waals surface area contributed by atoms with Gasteiger partial charge in [0.15, 0.2) is 0 Å². The number of nitrogens with zero attached hydrogens (tertiary/aromatic N) is 1. The highest BCUT2D eigenvalue weighted by Crippen LogP contribution is 1.95. The highest BCUT2D eigenvalue weighted by molar-refractivity contribution is 5.80. The van der Waals surface area contributed by atoms with E-state index in [9.17, 15) is 4.79 Å². The van der Waals surface area contributed by atoms with Crippen LogP contribution in [-0.2, 0) is 4.79 Å². The summed E-state index contributed by atoms with van der Waals surface area (Å²) in [7, 11) is 0. The molecule has 13 heavy (non-hydrogen) atoms. The molecule has 2 N–H and O–H groups in total. The molecule has 0 fully saturated rings. The van der Waals surface area contributed by atoms with Crippen molar-refractivity contribution in [2.45, 2.75) is 32.8 Å². The van der Waals surface area contributed by atoms with Crippen LogP contribution in [0.2, 0.25) is 0 Å². The quantitative estimate of drug-likeness (QED) is 0.608. The number of amides is 1. The molecule has 4 nitrogen and oxygen atoms in total. The van der Waals surface area contributed by atoms with E-state index in [1.54, 1.807) is 13.8 Å². The second-order valence-electron chi connectivity index (χ2n) is 3.13. The monoisotopic (exact) mass is 184 g/mol. The van der Waals surface area contributed by atoms with E-state index in [0.717, 1.165) is 6.42 Å². The highest BCUT2D eigenvalue weighted by Gasteiger charge is 2.09. The lowest BCUT2D eigenvalue weighted by molar-refractivity contribution is -0.122. The molecule has 0 radical (unpaired) electrons. The SMILES string of the molecule is CC(O)CCCNC(=O)C(C)C#N. The standard InChI is InChI=1S/C9H16N2O2/c1-7(6-10)9(13)11-5-3-4-8(2)12/h7-8,12H,3-5H2,1-2H3,(H,11,13). The maximum absolute atomic E-state index is 11.0. The van der Waals surface area contributed by atoms with Gasteiger partial charge in [0.25, 0.3) is 0 Å². The predicted octanol–water partition coefficient (Wildman–Crippen LogP) is 0.423. The lowest BCUT2D eigenvalue weighted by Gasteiger charge is -2.06. The van der Waals surface area contributed by atoms with Gasteiger partial charge in [-0.05, 0) is 26.7 Å². The van der Waals surface area contributed by atoms with Crippen LogP contribution in [0.4, 0.5) is 0 Å². The molecule has 0 aliphatic rings. The second-order valence-corrected chi connectivity index (χ2v) is 3.13.